The van der Waals surface area contributed by atoms with Crippen molar-refractivity contribution in [3.63, 3.8) is 0 Å². The molecule has 1 aromatic heterocycles. The van der Waals surface area contributed by atoms with Gasteiger partial charge in [-0.1, -0.05) is 26.8 Å². The molecule has 0 saturated heterocycles. The van der Waals surface area contributed by atoms with Gasteiger partial charge < -0.3 is 5.73 Å². The monoisotopic (exact) mass is 313 g/mol. The van der Waals surface area contributed by atoms with Crippen LogP contribution in [0.1, 0.15) is 39.2 Å². The number of hydrogen-bond donors (Lipinski definition) is 1. The highest BCUT2D eigenvalue weighted by atomic mass is 32.2. The van der Waals surface area contributed by atoms with Crippen LogP contribution in [0.3, 0.4) is 0 Å². The van der Waals surface area contributed by atoms with Crippen LogP contribution in [0.5, 0.6) is 0 Å². The second kappa shape index (κ2) is 7.87. The second-order valence-electron chi connectivity index (χ2n) is 6.46. The average molecular weight is 313 g/mol. The molecule has 0 spiro atoms. The van der Waals surface area contributed by atoms with Gasteiger partial charge >= 0.3 is 0 Å². The molecule has 21 heavy (non-hydrogen) atoms. The molecule has 1 heterocycles. The van der Waals surface area contributed by atoms with E-state index in [2.05, 4.69) is 4.98 Å². The second-order valence-corrected chi connectivity index (χ2v) is 8.55. The molecule has 120 valence electrons. The number of nitrogens with two attached hydrogens (primary N) is 1. The summed E-state index contributed by atoms with van der Waals surface area (Å²) in [4.78, 5) is 4.04. The largest absolute Gasteiger partial charge is 0.330 e. The summed E-state index contributed by atoms with van der Waals surface area (Å²) in [6, 6.07) is 3.71. The van der Waals surface area contributed by atoms with Gasteiger partial charge in [-0.05, 0) is 36.4 Å². The smallest absolute Gasteiger partial charge is 0.214 e. The molecule has 1 aromatic rings. The maximum Gasteiger partial charge on any atom is 0.214 e. The average Bonchev–Trinajstić information content (AvgIpc) is 2.41. The summed E-state index contributed by atoms with van der Waals surface area (Å²) in [6.07, 6.45) is 4.69. The summed E-state index contributed by atoms with van der Waals surface area (Å²) >= 11 is 0. The Labute approximate surface area is 128 Å². The van der Waals surface area contributed by atoms with E-state index in [1.807, 2.05) is 32.9 Å². The highest BCUT2D eigenvalue weighted by Gasteiger charge is 2.24. The van der Waals surface area contributed by atoms with Gasteiger partial charge in [0, 0.05) is 25.5 Å². The Balaban J connectivity index is 2.80. The van der Waals surface area contributed by atoms with Crippen LogP contribution in [-0.2, 0) is 16.6 Å². The molecule has 0 atom stereocenters. The molecule has 0 radical (unpaired) electrons. The Kier molecular flexibility index (Phi) is 6.77. The molecule has 0 saturated carbocycles. The predicted octanol–water partition coefficient (Wildman–Crippen LogP) is 2.00. The molecule has 0 aliphatic rings. The molecule has 1 rings (SSSR count). The zero-order valence-electron chi connectivity index (χ0n) is 13.2. The van der Waals surface area contributed by atoms with E-state index in [0.29, 0.717) is 32.5 Å². The van der Waals surface area contributed by atoms with E-state index in [4.69, 9.17) is 5.73 Å². The molecule has 2 N–H and O–H groups in total. The van der Waals surface area contributed by atoms with Gasteiger partial charge in [0.15, 0.2) is 0 Å². The van der Waals surface area contributed by atoms with E-state index in [1.54, 1.807) is 12.4 Å². The summed E-state index contributed by atoms with van der Waals surface area (Å²) in [5.41, 5.74) is 6.42. The van der Waals surface area contributed by atoms with Crippen molar-refractivity contribution in [2.45, 2.75) is 40.2 Å². The molecule has 0 unspecified atom stereocenters. The molecule has 6 heteroatoms. The fourth-order valence-corrected chi connectivity index (χ4v) is 3.73. The number of aromatic nitrogens is 1. The van der Waals surface area contributed by atoms with Crippen molar-refractivity contribution in [2.75, 3.05) is 18.8 Å². The molecule has 0 bridgehead atoms. The normalized spacial score (nSPS) is 12.8. The predicted molar refractivity (Wildman–Crippen MR) is 86.2 cm³/mol. The topological polar surface area (TPSA) is 76.3 Å². The molecule has 0 amide bonds. The Bertz CT molecular complexity index is 509. The lowest BCUT2D eigenvalue weighted by Gasteiger charge is -2.24. The van der Waals surface area contributed by atoms with Gasteiger partial charge in [0.1, 0.15) is 0 Å². The Morgan fingerprint density at radius 2 is 2.05 bits per heavy atom. The van der Waals surface area contributed by atoms with Crippen molar-refractivity contribution in [1.82, 2.24) is 9.29 Å². The number of sulfonamides is 1. The minimum absolute atomic E-state index is 0.000903. The van der Waals surface area contributed by atoms with Crippen LogP contribution >= 0.6 is 0 Å². The van der Waals surface area contributed by atoms with Crippen molar-refractivity contribution in [1.29, 1.82) is 0 Å². The van der Waals surface area contributed by atoms with E-state index in [9.17, 15) is 8.42 Å². The van der Waals surface area contributed by atoms with Crippen LogP contribution < -0.4 is 5.73 Å². The Morgan fingerprint density at radius 3 is 2.57 bits per heavy atom. The molecule has 0 aliphatic heterocycles. The summed E-state index contributed by atoms with van der Waals surface area (Å²) in [5, 5.41) is 0. The van der Waals surface area contributed by atoms with Crippen LogP contribution in [0.15, 0.2) is 24.5 Å². The summed E-state index contributed by atoms with van der Waals surface area (Å²) in [6.45, 7) is 7.45. The minimum atomic E-state index is -3.28. The summed E-state index contributed by atoms with van der Waals surface area (Å²) < 4.78 is 26.6. The maximum absolute atomic E-state index is 12.6. The molecular formula is C15H27N3O2S. The van der Waals surface area contributed by atoms with Crippen molar-refractivity contribution in [3.8, 4) is 0 Å². The van der Waals surface area contributed by atoms with Gasteiger partial charge in [0.25, 0.3) is 0 Å². The Morgan fingerprint density at radius 1 is 1.33 bits per heavy atom. The number of hydrogen-bond acceptors (Lipinski definition) is 4. The standard InChI is InChI=1S/C15H27N3O2S/c1-15(2,3)7-11-21(19,20)18(10-5-8-16)13-14-6-4-9-17-12-14/h4,6,9,12H,5,7-8,10-11,13,16H2,1-3H3. The van der Waals surface area contributed by atoms with E-state index < -0.39 is 10.0 Å². The summed E-state index contributed by atoms with van der Waals surface area (Å²) in [7, 11) is -3.28. The van der Waals surface area contributed by atoms with Crippen molar-refractivity contribution >= 4 is 10.0 Å². The first-order valence-corrected chi connectivity index (χ1v) is 8.92. The number of pyridine rings is 1. The van der Waals surface area contributed by atoms with Crippen molar-refractivity contribution in [3.05, 3.63) is 30.1 Å². The van der Waals surface area contributed by atoms with Crippen LogP contribution in [-0.4, -0.2) is 36.5 Å². The molecule has 5 nitrogen and oxygen atoms in total. The van der Waals surface area contributed by atoms with E-state index >= 15 is 0 Å². The van der Waals surface area contributed by atoms with Gasteiger partial charge in [-0.15, -0.1) is 0 Å². The lowest BCUT2D eigenvalue weighted by molar-refractivity contribution is 0.373. The maximum atomic E-state index is 12.6. The molecule has 0 fully saturated rings. The van der Waals surface area contributed by atoms with Crippen molar-refractivity contribution in [2.24, 2.45) is 11.1 Å². The van der Waals surface area contributed by atoms with E-state index in [-0.39, 0.29) is 11.2 Å². The van der Waals surface area contributed by atoms with Gasteiger partial charge in [0.05, 0.1) is 5.75 Å². The van der Waals surface area contributed by atoms with Gasteiger partial charge in [0.2, 0.25) is 10.0 Å². The minimum Gasteiger partial charge on any atom is -0.330 e. The fraction of sp³-hybridized carbons (Fsp3) is 0.667. The van der Waals surface area contributed by atoms with Gasteiger partial charge in [-0.2, -0.15) is 4.31 Å². The van der Waals surface area contributed by atoms with Crippen LogP contribution in [0.4, 0.5) is 0 Å². The number of rotatable bonds is 8. The van der Waals surface area contributed by atoms with Crippen LogP contribution in [0, 0.1) is 5.41 Å². The zero-order valence-corrected chi connectivity index (χ0v) is 14.1. The highest BCUT2D eigenvalue weighted by Crippen LogP contribution is 2.21. The fourth-order valence-electron chi connectivity index (χ4n) is 1.84. The van der Waals surface area contributed by atoms with Crippen molar-refractivity contribution < 1.29 is 8.42 Å². The van der Waals surface area contributed by atoms with Gasteiger partial charge in [-0.3, -0.25) is 4.98 Å². The SMILES string of the molecule is CC(C)(C)CCS(=O)(=O)N(CCCN)Cc1cccnc1. The lowest BCUT2D eigenvalue weighted by atomic mass is 9.94. The van der Waals surface area contributed by atoms with Crippen LogP contribution in [0.25, 0.3) is 0 Å². The van der Waals surface area contributed by atoms with Crippen LogP contribution in [0.2, 0.25) is 0 Å². The van der Waals surface area contributed by atoms with E-state index in [0.717, 1.165) is 5.56 Å². The third-order valence-corrected chi connectivity index (χ3v) is 5.02. The highest BCUT2D eigenvalue weighted by molar-refractivity contribution is 7.89. The number of nitrogens with zero attached hydrogens (tertiary/aromatic N) is 2. The lowest BCUT2D eigenvalue weighted by Crippen LogP contribution is -2.35. The molecular weight excluding hydrogens is 286 g/mol. The first-order valence-electron chi connectivity index (χ1n) is 7.31. The summed E-state index contributed by atoms with van der Waals surface area (Å²) in [5.74, 6) is 0.168. The molecule has 0 aromatic carbocycles. The quantitative estimate of drug-likeness (QED) is 0.796. The van der Waals surface area contributed by atoms with E-state index in [1.165, 1.54) is 4.31 Å². The third kappa shape index (κ3) is 7.02. The Hall–Kier alpha value is -0.980. The van der Waals surface area contributed by atoms with Gasteiger partial charge in [-0.25, -0.2) is 8.42 Å². The first-order chi connectivity index (χ1) is 9.74. The molecule has 0 aliphatic carbocycles. The first kappa shape index (κ1) is 18.1. The third-order valence-electron chi connectivity index (χ3n) is 3.20. The zero-order chi connectivity index (χ0) is 15.9.